The highest BCUT2D eigenvalue weighted by molar-refractivity contribution is 8.18. The number of hydrogen-bond acceptors (Lipinski definition) is 6. The number of aromatic hydroxyl groups is 2. The van der Waals surface area contributed by atoms with Gasteiger partial charge in [0.1, 0.15) is 15.9 Å². The summed E-state index contributed by atoms with van der Waals surface area (Å²) in [6, 6.07) is 12.6. The van der Waals surface area contributed by atoms with E-state index in [0.29, 0.717) is 0 Å². The van der Waals surface area contributed by atoms with E-state index in [2.05, 4.69) is 33.9 Å². The number of phenolic OH excluding ortho intramolecular Hbond substituents is 2. The van der Waals surface area contributed by atoms with Crippen LogP contribution in [-0.4, -0.2) is 35.1 Å². The highest BCUT2D eigenvalue weighted by Gasteiger charge is 2.44. The Bertz CT molecular complexity index is 872. The number of benzene rings is 2. The number of aliphatic hydroxyl groups excluding tert-OH is 1. The number of rotatable bonds is 5. The molecule has 0 spiro atoms. The summed E-state index contributed by atoms with van der Waals surface area (Å²) >= 11 is 3.39. The summed E-state index contributed by atoms with van der Waals surface area (Å²) in [7, 11) is -1.92. The van der Waals surface area contributed by atoms with E-state index in [0.717, 1.165) is 34.8 Å². The lowest BCUT2D eigenvalue weighted by molar-refractivity contribution is 0.163. The molecule has 4 nitrogen and oxygen atoms in total. The molecule has 0 aromatic heterocycles. The summed E-state index contributed by atoms with van der Waals surface area (Å²) in [6.45, 7) is 11.1. The predicted octanol–water partition coefficient (Wildman–Crippen LogP) is 6.24. The molecule has 3 rings (SSSR count). The molecule has 1 saturated heterocycles. The van der Waals surface area contributed by atoms with E-state index in [9.17, 15) is 15.3 Å². The summed E-state index contributed by atoms with van der Waals surface area (Å²) in [5.74, 6) is 2.37. The number of thioether (sulfide) groups is 2. The van der Waals surface area contributed by atoms with E-state index in [1.807, 2.05) is 24.3 Å². The Labute approximate surface area is 189 Å². The van der Waals surface area contributed by atoms with Gasteiger partial charge in [-0.1, -0.05) is 39.0 Å². The van der Waals surface area contributed by atoms with Crippen LogP contribution in [0.5, 0.6) is 17.2 Å². The van der Waals surface area contributed by atoms with Gasteiger partial charge in [0.2, 0.25) is 8.32 Å². The second-order valence-electron chi connectivity index (χ2n) is 9.26. The molecular formula is C23H32O4S2Si. The largest absolute Gasteiger partial charge is 0.544 e. The lowest BCUT2D eigenvalue weighted by Crippen LogP contribution is -2.43. The molecule has 30 heavy (non-hydrogen) atoms. The van der Waals surface area contributed by atoms with Gasteiger partial charge >= 0.3 is 0 Å². The maximum Gasteiger partial charge on any atom is 0.250 e. The Hall–Kier alpha value is -1.28. The molecule has 2 aromatic carbocycles. The van der Waals surface area contributed by atoms with Crippen molar-refractivity contribution in [3.8, 4) is 17.2 Å². The molecule has 3 N–H and O–H groups in total. The van der Waals surface area contributed by atoms with Crippen molar-refractivity contribution < 1.29 is 19.7 Å². The average Bonchev–Trinajstić information content (AvgIpc) is 2.69. The minimum absolute atomic E-state index is 0.117. The summed E-state index contributed by atoms with van der Waals surface area (Å²) in [5, 5.41) is 31.3. The van der Waals surface area contributed by atoms with Crippen LogP contribution in [0.25, 0.3) is 0 Å². The zero-order valence-electron chi connectivity index (χ0n) is 18.3. The average molecular weight is 465 g/mol. The fraction of sp³-hybridized carbons (Fsp3) is 0.478. The van der Waals surface area contributed by atoms with Crippen molar-refractivity contribution in [1.82, 2.24) is 0 Å². The van der Waals surface area contributed by atoms with Gasteiger partial charge in [0.05, 0.1) is 0 Å². The summed E-state index contributed by atoms with van der Waals surface area (Å²) in [5.41, 5.74) is 1.62. The molecular weight excluding hydrogens is 432 g/mol. The Balaban J connectivity index is 1.90. The van der Waals surface area contributed by atoms with Gasteiger partial charge in [0.25, 0.3) is 0 Å². The van der Waals surface area contributed by atoms with Crippen molar-refractivity contribution in [3.05, 3.63) is 53.6 Å². The molecule has 1 aliphatic heterocycles. The van der Waals surface area contributed by atoms with E-state index in [-0.39, 0.29) is 16.5 Å². The van der Waals surface area contributed by atoms with Gasteiger partial charge in [-0.2, -0.15) is 0 Å². The number of phenols is 2. The van der Waals surface area contributed by atoms with Crippen molar-refractivity contribution >= 4 is 31.8 Å². The molecule has 1 heterocycles. The summed E-state index contributed by atoms with van der Waals surface area (Å²) < 4.78 is 5.74. The Kier molecular flexibility index (Phi) is 6.77. The molecule has 0 unspecified atom stereocenters. The van der Waals surface area contributed by atoms with Crippen molar-refractivity contribution in [1.29, 1.82) is 0 Å². The van der Waals surface area contributed by atoms with E-state index in [4.69, 9.17) is 4.43 Å². The third-order valence-electron chi connectivity index (χ3n) is 6.03. The lowest BCUT2D eigenvalue weighted by Gasteiger charge is -2.40. The van der Waals surface area contributed by atoms with Crippen LogP contribution in [0.3, 0.4) is 0 Å². The maximum atomic E-state index is 11.4. The number of aliphatic hydroxyl groups is 1. The van der Waals surface area contributed by atoms with Gasteiger partial charge in [-0.25, -0.2) is 0 Å². The fourth-order valence-electron chi connectivity index (χ4n) is 3.16. The summed E-state index contributed by atoms with van der Waals surface area (Å²) in [4.78, 5) is 0. The molecule has 0 radical (unpaired) electrons. The first kappa shape index (κ1) is 23.4. The Morgan fingerprint density at radius 2 is 1.57 bits per heavy atom. The summed E-state index contributed by atoms with van der Waals surface area (Å²) in [6.07, 6.45) is 0.311. The molecule has 0 saturated carbocycles. The van der Waals surface area contributed by atoms with E-state index in [1.54, 1.807) is 35.7 Å². The van der Waals surface area contributed by atoms with Gasteiger partial charge in [-0.15, -0.1) is 23.5 Å². The molecule has 1 atom stereocenters. The second-order valence-corrected chi connectivity index (χ2v) is 16.9. The highest BCUT2D eigenvalue weighted by atomic mass is 32.2. The first-order valence-corrected chi connectivity index (χ1v) is 15.1. The molecule has 0 aliphatic carbocycles. The minimum Gasteiger partial charge on any atom is -0.544 e. The normalized spacial score (nSPS) is 18.1. The molecule has 7 heteroatoms. The monoisotopic (exact) mass is 464 g/mol. The molecule has 0 bridgehead atoms. The zero-order chi connectivity index (χ0) is 22.2. The van der Waals surface area contributed by atoms with Crippen LogP contribution in [0.4, 0.5) is 0 Å². The third kappa shape index (κ3) is 4.64. The lowest BCUT2D eigenvalue weighted by atomic mass is 9.99. The van der Waals surface area contributed by atoms with Crippen LogP contribution >= 0.6 is 23.5 Å². The van der Waals surface area contributed by atoms with Crippen LogP contribution in [0.2, 0.25) is 18.1 Å². The maximum absolute atomic E-state index is 11.4. The first-order chi connectivity index (χ1) is 14.0. The molecule has 0 amide bonds. The van der Waals surface area contributed by atoms with E-state index >= 15 is 0 Å². The minimum atomic E-state index is -1.92. The van der Waals surface area contributed by atoms with Crippen molar-refractivity contribution in [2.75, 3.05) is 11.5 Å². The van der Waals surface area contributed by atoms with Crippen LogP contribution in [-0.2, 0) is 4.08 Å². The second kappa shape index (κ2) is 8.69. The molecule has 1 fully saturated rings. The standard InChI is InChI=1S/C23H32O4S2Si/c1-22(2,3)30(4,5)27-18-10-7-16(8-11-18)21(26)23(28-13-6-14-29-23)17-9-12-19(24)20(25)15-17/h7-12,15,21,24-26H,6,13-14H2,1-5H3/t21-/m1/s1. The first-order valence-electron chi connectivity index (χ1n) is 10.2. The van der Waals surface area contributed by atoms with Crippen LogP contribution in [0.1, 0.15) is 44.4 Å². The van der Waals surface area contributed by atoms with Gasteiger partial charge in [0.15, 0.2) is 11.5 Å². The predicted molar refractivity (Wildman–Crippen MR) is 130 cm³/mol. The van der Waals surface area contributed by atoms with Crippen LogP contribution in [0.15, 0.2) is 42.5 Å². The SMILES string of the molecule is CC(C)(C)[Si](C)(C)Oc1ccc([C@@H](O)C2(c3ccc(O)c(O)c3)SCCCS2)cc1. The Morgan fingerprint density at radius 1 is 0.967 bits per heavy atom. The van der Waals surface area contributed by atoms with E-state index in [1.165, 1.54) is 6.07 Å². The van der Waals surface area contributed by atoms with Crippen LogP contribution < -0.4 is 4.43 Å². The topological polar surface area (TPSA) is 69.9 Å². The molecule has 164 valence electrons. The third-order valence-corrected chi connectivity index (χ3v) is 13.9. The smallest absolute Gasteiger partial charge is 0.250 e. The highest BCUT2D eigenvalue weighted by Crippen LogP contribution is 2.58. The molecule has 2 aromatic rings. The van der Waals surface area contributed by atoms with Gasteiger partial charge in [0, 0.05) is 0 Å². The van der Waals surface area contributed by atoms with E-state index < -0.39 is 18.5 Å². The quantitative estimate of drug-likeness (QED) is 0.359. The number of hydrogen-bond donors (Lipinski definition) is 3. The van der Waals surface area contributed by atoms with Gasteiger partial charge in [-0.05, 0) is 71.5 Å². The van der Waals surface area contributed by atoms with Gasteiger partial charge in [-0.3, -0.25) is 0 Å². The van der Waals surface area contributed by atoms with Gasteiger partial charge < -0.3 is 19.7 Å². The fourth-order valence-corrected chi connectivity index (χ4v) is 7.56. The van der Waals surface area contributed by atoms with Crippen molar-refractivity contribution in [2.45, 2.75) is 55.5 Å². The Morgan fingerprint density at radius 3 is 2.10 bits per heavy atom. The zero-order valence-corrected chi connectivity index (χ0v) is 20.9. The van der Waals surface area contributed by atoms with Crippen molar-refractivity contribution in [3.63, 3.8) is 0 Å². The molecule has 1 aliphatic rings. The van der Waals surface area contributed by atoms with Crippen molar-refractivity contribution in [2.24, 2.45) is 0 Å². The van der Waals surface area contributed by atoms with Crippen LogP contribution in [0, 0.1) is 0 Å².